The molecule has 2 aromatic carbocycles. The zero-order valence-electron chi connectivity index (χ0n) is 13.5. The van der Waals surface area contributed by atoms with Gasteiger partial charge in [-0.3, -0.25) is 4.79 Å². The van der Waals surface area contributed by atoms with Gasteiger partial charge in [-0.15, -0.1) is 0 Å². The van der Waals surface area contributed by atoms with Gasteiger partial charge in [-0.05, 0) is 36.1 Å². The zero-order valence-corrected chi connectivity index (χ0v) is 13.5. The lowest BCUT2D eigenvalue weighted by Crippen LogP contribution is -2.19. The van der Waals surface area contributed by atoms with Crippen molar-refractivity contribution in [2.45, 2.75) is 45.1 Å². The standard InChI is InChI=1S/C21H24O2/c22-21(19-9-5-2-6-10-19)15-17-11-13-20(14-12-17)23-16-18-7-3-1-4-8-18/h1,3-4,7-8,11-14,19H,2,5-6,9-10,15-16H2. The molecule has 0 bridgehead atoms. The molecule has 0 amide bonds. The molecule has 1 aliphatic carbocycles. The summed E-state index contributed by atoms with van der Waals surface area (Å²) in [5.41, 5.74) is 2.25. The van der Waals surface area contributed by atoms with E-state index in [1.165, 1.54) is 19.3 Å². The quantitative estimate of drug-likeness (QED) is 0.754. The van der Waals surface area contributed by atoms with Crippen LogP contribution in [0.5, 0.6) is 5.75 Å². The van der Waals surface area contributed by atoms with Gasteiger partial charge in [-0.1, -0.05) is 61.7 Å². The molecule has 1 fully saturated rings. The summed E-state index contributed by atoms with van der Waals surface area (Å²) < 4.78 is 5.78. The van der Waals surface area contributed by atoms with E-state index in [9.17, 15) is 4.79 Å². The van der Waals surface area contributed by atoms with Crippen LogP contribution in [0.15, 0.2) is 54.6 Å². The zero-order chi connectivity index (χ0) is 15.9. The van der Waals surface area contributed by atoms with E-state index in [1.54, 1.807) is 0 Å². The van der Waals surface area contributed by atoms with Crippen molar-refractivity contribution in [2.24, 2.45) is 5.92 Å². The number of hydrogen-bond acceptors (Lipinski definition) is 2. The molecule has 0 unspecified atom stereocenters. The second kappa shape index (κ2) is 7.96. The molecule has 0 aromatic heterocycles. The van der Waals surface area contributed by atoms with Crippen LogP contribution in [-0.4, -0.2) is 5.78 Å². The molecular weight excluding hydrogens is 284 g/mol. The van der Waals surface area contributed by atoms with Gasteiger partial charge < -0.3 is 4.74 Å². The average molecular weight is 308 g/mol. The molecule has 3 rings (SSSR count). The van der Waals surface area contributed by atoms with Crippen molar-refractivity contribution >= 4 is 5.78 Å². The van der Waals surface area contributed by atoms with E-state index in [-0.39, 0.29) is 5.92 Å². The highest BCUT2D eigenvalue weighted by Gasteiger charge is 2.20. The lowest BCUT2D eigenvalue weighted by molar-refractivity contribution is -0.123. The Balaban J connectivity index is 1.51. The van der Waals surface area contributed by atoms with Crippen molar-refractivity contribution in [3.63, 3.8) is 0 Å². The van der Waals surface area contributed by atoms with Crippen LogP contribution >= 0.6 is 0 Å². The number of rotatable bonds is 6. The Kier molecular flexibility index (Phi) is 5.46. The van der Waals surface area contributed by atoms with Crippen LogP contribution in [0.3, 0.4) is 0 Å². The molecule has 120 valence electrons. The van der Waals surface area contributed by atoms with Crippen LogP contribution in [-0.2, 0) is 17.8 Å². The number of carbonyl (C=O) groups excluding carboxylic acids is 1. The number of hydrogen-bond donors (Lipinski definition) is 0. The fraction of sp³-hybridized carbons (Fsp3) is 0.381. The molecule has 0 heterocycles. The molecule has 1 aliphatic rings. The van der Waals surface area contributed by atoms with Gasteiger partial charge in [0, 0.05) is 12.3 Å². The van der Waals surface area contributed by atoms with Gasteiger partial charge in [0.25, 0.3) is 0 Å². The van der Waals surface area contributed by atoms with E-state index in [2.05, 4.69) is 12.1 Å². The first-order valence-corrected chi connectivity index (χ1v) is 8.59. The first-order chi connectivity index (χ1) is 11.3. The monoisotopic (exact) mass is 308 g/mol. The summed E-state index contributed by atoms with van der Waals surface area (Å²) >= 11 is 0. The molecule has 1 saturated carbocycles. The van der Waals surface area contributed by atoms with Crippen LogP contribution < -0.4 is 4.74 Å². The van der Waals surface area contributed by atoms with Crippen molar-refractivity contribution in [2.75, 3.05) is 0 Å². The van der Waals surface area contributed by atoms with Gasteiger partial charge in [0.05, 0.1) is 0 Å². The number of Topliss-reactive ketones (excluding diaryl/α,β-unsaturated/α-hetero) is 1. The average Bonchev–Trinajstić information content (AvgIpc) is 2.63. The van der Waals surface area contributed by atoms with E-state index < -0.39 is 0 Å². The largest absolute Gasteiger partial charge is 0.489 e. The van der Waals surface area contributed by atoms with Gasteiger partial charge in [-0.25, -0.2) is 0 Å². The van der Waals surface area contributed by atoms with Crippen LogP contribution in [0.25, 0.3) is 0 Å². The number of benzene rings is 2. The highest BCUT2D eigenvalue weighted by molar-refractivity contribution is 5.83. The molecule has 0 atom stereocenters. The van der Waals surface area contributed by atoms with Crippen LogP contribution in [0.4, 0.5) is 0 Å². The second-order valence-corrected chi connectivity index (χ2v) is 6.40. The van der Waals surface area contributed by atoms with Crippen LogP contribution in [0.2, 0.25) is 0 Å². The Morgan fingerprint density at radius 2 is 1.57 bits per heavy atom. The molecule has 0 N–H and O–H groups in total. The summed E-state index contributed by atoms with van der Waals surface area (Å²) in [5.74, 6) is 1.54. The van der Waals surface area contributed by atoms with Crippen molar-refractivity contribution in [3.8, 4) is 5.75 Å². The summed E-state index contributed by atoms with van der Waals surface area (Å²) in [6.45, 7) is 0.571. The Labute approximate surface area is 138 Å². The smallest absolute Gasteiger partial charge is 0.140 e. The van der Waals surface area contributed by atoms with Gasteiger partial charge in [0.15, 0.2) is 0 Å². The van der Waals surface area contributed by atoms with Gasteiger partial charge in [0.1, 0.15) is 18.1 Å². The minimum Gasteiger partial charge on any atom is -0.489 e. The Morgan fingerprint density at radius 3 is 2.26 bits per heavy atom. The first kappa shape index (κ1) is 15.8. The van der Waals surface area contributed by atoms with Crippen molar-refractivity contribution in [1.29, 1.82) is 0 Å². The van der Waals surface area contributed by atoms with Gasteiger partial charge in [0.2, 0.25) is 0 Å². The Bertz CT molecular complexity index is 610. The maximum absolute atomic E-state index is 12.3. The fourth-order valence-corrected chi connectivity index (χ4v) is 3.21. The number of carbonyl (C=O) groups is 1. The van der Waals surface area contributed by atoms with E-state index >= 15 is 0 Å². The van der Waals surface area contributed by atoms with Crippen molar-refractivity contribution < 1.29 is 9.53 Å². The normalized spacial score (nSPS) is 15.3. The topological polar surface area (TPSA) is 26.3 Å². The third-order valence-corrected chi connectivity index (χ3v) is 4.61. The SMILES string of the molecule is O=C(Cc1ccc(OCc2ccccc2)cc1)C1CCCCC1. The molecule has 0 radical (unpaired) electrons. The third-order valence-electron chi connectivity index (χ3n) is 4.61. The predicted octanol–water partition coefficient (Wildman–Crippen LogP) is 4.96. The second-order valence-electron chi connectivity index (χ2n) is 6.40. The minimum atomic E-state index is 0.290. The predicted molar refractivity (Wildman–Crippen MR) is 92.5 cm³/mol. The summed E-state index contributed by atoms with van der Waals surface area (Å²) in [6, 6.07) is 18.1. The van der Waals surface area contributed by atoms with Crippen LogP contribution in [0.1, 0.15) is 43.2 Å². The molecule has 23 heavy (non-hydrogen) atoms. The maximum Gasteiger partial charge on any atom is 0.140 e. The molecule has 0 saturated heterocycles. The van der Waals surface area contributed by atoms with Gasteiger partial charge >= 0.3 is 0 Å². The fourth-order valence-electron chi connectivity index (χ4n) is 3.21. The molecule has 0 spiro atoms. The summed E-state index contributed by atoms with van der Waals surface area (Å²) in [5, 5.41) is 0. The Hall–Kier alpha value is -2.09. The van der Waals surface area contributed by atoms with Crippen molar-refractivity contribution in [1.82, 2.24) is 0 Å². The minimum absolute atomic E-state index is 0.290. The molecule has 2 heteroatoms. The van der Waals surface area contributed by atoms with Crippen LogP contribution in [0, 0.1) is 5.92 Å². The molecule has 0 aliphatic heterocycles. The van der Waals surface area contributed by atoms with E-state index in [0.717, 1.165) is 29.7 Å². The molecule has 2 aromatic rings. The highest BCUT2D eigenvalue weighted by Crippen LogP contribution is 2.25. The molecule has 2 nitrogen and oxygen atoms in total. The van der Waals surface area contributed by atoms with Crippen molar-refractivity contribution in [3.05, 3.63) is 65.7 Å². The summed E-state index contributed by atoms with van der Waals surface area (Å²) in [7, 11) is 0. The lowest BCUT2D eigenvalue weighted by Gasteiger charge is -2.20. The van der Waals surface area contributed by atoms with Gasteiger partial charge in [-0.2, -0.15) is 0 Å². The first-order valence-electron chi connectivity index (χ1n) is 8.59. The summed E-state index contributed by atoms with van der Waals surface area (Å²) in [6.07, 6.45) is 6.43. The number of ketones is 1. The highest BCUT2D eigenvalue weighted by atomic mass is 16.5. The lowest BCUT2D eigenvalue weighted by atomic mass is 9.84. The van der Waals surface area contributed by atoms with E-state index in [4.69, 9.17) is 4.74 Å². The van der Waals surface area contributed by atoms with E-state index in [1.807, 2.05) is 42.5 Å². The molecular formula is C21H24O2. The maximum atomic E-state index is 12.3. The third kappa shape index (κ3) is 4.69. The number of ether oxygens (including phenoxy) is 1. The van der Waals surface area contributed by atoms with E-state index in [0.29, 0.717) is 18.8 Å². The summed E-state index contributed by atoms with van der Waals surface area (Å²) in [4.78, 5) is 12.3. The Morgan fingerprint density at radius 1 is 0.870 bits per heavy atom.